The number of hydrogen-bond acceptors (Lipinski definition) is 4. The summed E-state index contributed by atoms with van der Waals surface area (Å²) in [5, 5.41) is 0. The molecule has 0 unspecified atom stereocenters. The van der Waals surface area contributed by atoms with Crippen molar-refractivity contribution >= 4 is 32.5 Å². The van der Waals surface area contributed by atoms with E-state index < -0.39 is 10.8 Å². The molecular formula is C8H10BrN3OS. The van der Waals surface area contributed by atoms with Crippen molar-refractivity contribution in [3.63, 3.8) is 0 Å². The number of rotatable bonds is 1. The molecule has 1 aromatic heterocycles. The smallest absolute Gasteiger partial charge is 0.147 e. The van der Waals surface area contributed by atoms with E-state index in [1.807, 2.05) is 0 Å². The van der Waals surface area contributed by atoms with Crippen LogP contribution in [0.2, 0.25) is 0 Å². The van der Waals surface area contributed by atoms with Crippen LogP contribution in [0.3, 0.4) is 0 Å². The van der Waals surface area contributed by atoms with Crippen LogP contribution < -0.4 is 4.90 Å². The summed E-state index contributed by atoms with van der Waals surface area (Å²) in [4.78, 5) is 10.5. The van der Waals surface area contributed by atoms with Crippen molar-refractivity contribution in [1.82, 2.24) is 9.97 Å². The van der Waals surface area contributed by atoms with Gasteiger partial charge < -0.3 is 4.90 Å². The van der Waals surface area contributed by atoms with Crippen molar-refractivity contribution in [2.45, 2.75) is 0 Å². The zero-order valence-electron chi connectivity index (χ0n) is 7.52. The van der Waals surface area contributed by atoms with Gasteiger partial charge in [-0.2, -0.15) is 0 Å². The molecular weight excluding hydrogens is 266 g/mol. The molecule has 2 heterocycles. The predicted octanol–water partition coefficient (Wildman–Crippen LogP) is 0.808. The first-order chi connectivity index (χ1) is 6.75. The van der Waals surface area contributed by atoms with E-state index in [2.05, 4.69) is 30.8 Å². The molecule has 0 atom stereocenters. The van der Waals surface area contributed by atoms with Crippen LogP contribution in [-0.4, -0.2) is 38.8 Å². The molecule has 6 heteroatoms. The van der Waals surface area contributed by atoms with Crippen LogP contribution in [0.1, 0.15) is 0 Å². The van der Waals surface area contributed by atoms with Crippen molar-refractivity contribution in [3.8, 4) is 0 Å². The summed E-state index contributed by atoms with van der Waals surface area (Å²) in [6, 6.07) is 0. The normalized spacial score (nSPS) is 18.5. The van der Waals surface area contributed by atoms with E-state index in [1.54, 1.807) is 12.4 Å². The molecule has 1 aliphatic rings. The average Bonchev–Trinajstić information content (AvgIpc) is 2.21. The summed E-state index contributed by atoms with van der Waals surface area (Å²) in [7, 11) is -0.638. The monoisotopic (exact) mass is 275 g/mol. The fourth-order valence-electron chi connectivity index (χ4n) is 1.34. The van der Waals surface area contributed by atoms with Gasteiger partial charge in [-0.25, -0.2) is 9.97 Å². The minimum Gasteiger partial charge on any atom is -0.354 e. The lowest BCUT2D eigenvalue weighted by molar-refractivity contribution is 0.672. The lowest BCUT2D eigenvalue weighted by Crippen LogP contribution is -2.38. The fourth-order valence-corrected chi connectivity index (χ4v) is 2.59. The van der Waals surface area contributed by atoms with Crippen molar-refractivity contribution in [2.24, 2.45) is 0 Å². The Bertz CT molecular complexity index is 333. The molecule has 0 saturated carbocycles. The van der Waals surface area contributed by atoms with Gasteiger partial charge in [0.15, 0.2) is 0 Å². The van der Waals surface area contributed by atoms with Gasteiger partial charge in [-0.15, -0.1) is 0 Å². The fraction of sp³-hybridized carbons (Fsp3) is 0.500. The second-order valence-corrected chi connectivity index (χ2v) is 5.54. The van der Waals surface area contributed by atoms with Gasteiger partial charge in [0.2, 0.25) is 0 Å². The summed E-state index contributed by atoms with van der Waals surface area (Å²) < 4.78 is 11.9. The largest absolute Gasteiger partial charge is 0.354 e. The second-order valence-electron chi connectivity index (χ2n) is 3.03. The third-order valence-corrected chi connectivity index (χ3v) is 3.79. The van der Waals surface area contributed by atoms with Gasteiger partial charge in [-0.3, -0.25) is 4.21 Å². The Hall–Kier alpha value is -0.490. The molecule has 0 N–H and O–H groups in total. The molecule has 0 amide bonds. The highest BCUT2D eigenvalue weighted by Crippen LogP contribution is 2.13. The Morgan fingerprint density at radius 1 is 1.29 bits per heavy atom. The van der Waals surface area contributed by atoms with Gasteiger partial charge >= 0.3 is 0 Å². The van der Waals surface area contributed by atoms with Gasteiger partial charge in [-0.05, 0) is 15.9 Å². The van der Waals surface area contributed by atoms with Crippen LogP contribution in [0, 0.1) is 0 Å². The van der Waals surface area contributed by atoms with E-state index in [9.17, 15) is 4.21 Å². The topological polar surface area (TPSA) is 46.1 Å². The molecule has 1 aromatic rings. The van der Waals surface area contributed by atoms with Crippen molar-refractivity contribution in [3.05, 3.63) is 17.0 Å². The number of halogens is 1. The standard InChI is InChI=1S/C8H10BrN3OS/c9-7-5-11-8(6-10-7)12-1-3-14(13)4-2-12/h5-6H,1-4H2. The first-order valence-corrected chi connectivity index (χ1v) is 6.61. The highest BCUT2D eigenvalue weighted by atomic mass is 79.9. The van der Waals surface area contributed by atoms with E-state index in [1.165, 1.54) is 0 Å². The molecule has 76 valence electrons. The average molecular weight is 276 g/mol. The van der Waals surface area contributed by atoms with Gasteiger partial charge in [-0.1, -0.05) is 0 Å². The highest BCUT2D eigenvalue weighted by Gasteiger charge is 2.16. The van der Waals surface area contributed by atoms with Gasteiger partial charge in [0.25, 0.3) is 0 Å². The Morgan fingerprint density at radius 2 is 2.00 bits per heavy atom. The Kier molecular flexibility index (Phi) is 3.12. The number of nitrogens with zero attached hydrogens (tertiary/aromatic N) is 3. The van der Waals surface area contributed by atoms with Gasteiger partial charge in [0.05, 0.1) is 12.4 Å². The lowest BCUT2D eigenvalue weighted by atomic mass is 10.5. The summed E-state index contributed by atoms with van der Waals surface area (Å²) >= 11 is 3.24. The number of aromatic nitrogens is 2. The van der Waals surface area contributed by atoms with E-state index in [4.69, 9.17) is 0 Å². The molecule has 2 rings (SSSR count). The van der Waals surface area contributed by atoms with E-state index >= 15 is 0 Å². The molecule has 0 radical (unpaired) electrons. The molecule has 1 saturated heterocycles. The lowest BCUT2D eigenvalue weighted by Gasteiger charge is -2.26. The molecule has 4 nitrogen and oxygen atoms in total. The van der Waals surface area contributed by atoms with Crippen LogP contribution in [0.4, 0.5) is 5.82 Å². The third kappa shape index (κ3) is 2.30. The summed E-state index contributed by atoms with van der Waals surface area (Å²) in [6.07, 6.45) is 3.42. The molecule has 0 aliphatic carbocycles. The SMILES string of the molecule is O=S1CCN(c2cnc(Br)cn2)CC1. The third-order valence-electron chi connectivity index (χ3n) is 2.11. The Balaban J connectivity index is 2.08. The predicted molar refractivity (Wildman–Crippen MR) is 59.8 cm³/mol. The molecule has 0 aromatic carbocycles. The quantitative estimate of drug-likeness (QED) is 0.761. The van der Waals surface area contributed by atoms with Crippen molar-refractivity contribution in [1.29, 1.82) is 0 Å². The second kappa shape index (κ2) is 4.35. The molecule has 1 fully saturated rings. The summed E-state index contributed by atoms with van der Waals surface area (Å²) in [5.41, 5.74) is 0. The summed E-state index contributed by atoms with van der Waals surface area (Å²) in [5.74, 6) is 2.33. The first kappa shape index (κ1) is 10.0. The number of hydrogen-bond donors (Lipinski definition) is 0. The van der Waals surface area contributed by atoms with Crippen LogP contribution >= 0.6 is 15.9 Å². The number of anilines is 1. The van der Waals surface area contributed by atoms with E-state index in [0.29, 0.717) is 0 Å². The maximum Gasteiger partial charge on any atom is 0.147 e. The van der Waals surface area contributed by atoms with Gasteiger partial charge in [0.1, 0.15) is 10.4 Å². The molecule has 14 heavy (non-hydrogen) atoms. The zero-order valence-corrected chi connectivity index (χ0v) is 9.92. The maximum atomic E-state index is 11.1. The Labute approximate surface area is 93.3 Å². The van der Waals surface area contributed by atoms with E-state index in [-0.39, 0.29) is 0 Å². The van der Waals surface area contributed by atoms with Crippen molar-refractivity contribution < 1.29 is 4.21 Å². The van der Waals surface area contributed by atoms with E-state index in [0.717, 1.165) is 35.0 Å². The zero-order chi connectivity index (χ0) is 9.97. The molecule has 1 aliphatic heterocycles. The van der Waals surface area contributed by atoms with Crippen molar-refractivity contribution in [2.75, 3.05) is 29.5 Å². The molecule has 0 bridgehead atoms. The first-order valence-electron chi connectivity index (χ1n) is 4.33. The van der Waals surface area contributed by atoms with Crippen LogP contribution in [0.15, 0.2) is 17.0 Å². The maximum absolute atomic E-state index is 11.1. The van der Waals surface area contributed by atoms with Gasteiger partial charge in [0, 0.05) is 35.4 Å². The minimum absolute atomic E-state index is 0.638. The summed E-state index contributed by atoms with van der Waals surface area (Å²) in [6.45, 7) is 1.62. The van der Waals surface area contributed by atoms with Crippen LogP contribution in [0.5, 0.6) is 0 Å². The van der Waals surface area contributed by atoms with Crippen LogP contribution in [-0.2, 0) is 10.8 Å². The molecule has 0 spiro atoms. The minimum atomic E-state index is -0.638. The highest BCUT2D eigenvalue weighted by molar-refractivity contribution is 9.10. The van der Waals surface area contributed by atoms with Crippen LogP contribution in [0.25, 0.3) is 0 Å². The Morgan fingerprint density at radius 3 is 2.57 bits per heavy atom.